The lowest BCUT2D eigenvalue weighted by Crippen LogP contribution is -2.69. The fourth-order valence-electron chi connectivity index (χ4n) is 15.9. The number of hydrogen-bond donors (Lipinski definition) is 6. The summed E-state index contributed by atoms with van der Waals surface area (Å²) in [7, 11) is 0. The van der Waals surface area contributed by atoms with Gasteiger partial charge < -0.3 is 92.2 Å². The lowest BCUT2D eigenvalue weighted by atomic mass is 9.72. The third kappa shape index (κ3) is 10.3. The second-order valence-corrected chi connectivity index (χ2v) is 25.9. The first-order chi connectivity index (χ1) is 38.0. The number of rotatable bonds is 3. The minimum Gasteiger partial charge on any atom is -0.393 e. The van der Waals surface area contributed by atoms with Crippen LogP contribution in [0.2, 0.25) is 0 Å². The Balaban J connectivity index is 0.681. The van der Waals surface area contributed by atoms with Crippen LogP contribution in [0.15, 0.2) is 60.8 Å². The first kappa shape index (κ1) is 56.1. The van der Waals surface area contributed by atoms with E-state index >= 15 is 0 Å². The lowest BCUT2D eigenvalue weighted by molar-refractivity contribution is -0.371. The molecule has 19 heteroatoms. The van der Waals surface area contributed by atoms with Gasteiger partial charge in [-0.2, -0.15) is 0 Å². The van der Waals surface area contributed by atoms with Gasteiger partial charge in [0.2, 0.25) is 0 Å². The van der Waals surface area contributed by atoms with E-state index in [-0.39, 0.29) is 42.7 Å². The lowest BCUT2D eigenvalue weighted by Gasteiger charge is -2.55. The van der Waals surface area contributed by atoms with Crippen molar-refractivity contribution in [2.24, 2.45) is 17.8 Å². The molecule has 0 aromatic carbocycles. The minimum atomic E-state index is -1.36. The molecule has 32 atom stereocenters. The molecule has 13 aliphatic rings. The van der Waals surface area contributed by atoms with E-state index in [0.717, 1.165) is 6.42 Å². The van der Waals surface area contributed by atoms with Crippen LogP contribution in [0.4, 0.5) is 0 Å². The van der Waals surface area contributed by atoms with E-state index in [1.54, 1.807) is 13.0 Å². The van der Waals surface area contributed by atoms with Gasteiger partial charge in [0.05, 0.1) is 123 Å². The SMILES string of the molecule is C[C@@H]1C[C@@H]2O[C@@H]3[C@@H](C)[C@H](O)[C@@H]4O[C@]5(CCCO5)[C@@H](C)C(C)(O)[C@H]4O[C@H]3C[C@H]2O[C@H]2C[C@H]3O[C@H]4C/C=C\C[C@H]5O[C@H]6C=C[C@H]7O[C@H]8[C@H](O)[C@H]9O[C@@H](/C=C/[C@H](O)CO)C=CC[C@@H]9O[C@@H]8C[C@@H]7O[C@@H]6C=C[C@@H]5O[C@@H]4C[C@@H](O)[C@]3(C)O[C@@H]2C1. The molecule has 13 rings (SSSR count). The summed E-state index contributed by atoms with van der Waals surface area (Å²) in [4.78, 5) is 0. The molecule has 6 N–H and O–H groups in total. The molecule has 19 nitrogen and oxygen atoms in total. The van der Waals surface area contributed by atoms with Crippen molar-refractivity contribution in [1.29, 1.82) is 0 Å². The molecule has 1 spiro atoms. The average Bonchev–Trinajstić information content (AvgIpc) is 3.75. The van der Waals surface area contributed by atoms with Gasteiger partial charge in [-0.05, 0) is 58.3 Å². The van der Waals surface area contributed by atoms with E-state index in [1.807, 2.05) is 57.2 Å². The molecule has 0 radical (unpaired) electrons. The summed E-state index contributed by atoms with van der Waals surface area (Å²) in [6, 6.07) is 0. The van der Waals surface area contributed by atoms with Crippen LogP contribution in [0, 0.1) is 17.8 Å². The Bertz CT molecular complexity index is 2300. The van der Waals surface area contributed by atoms with Gasteiger partial charge in [-0.3, -0.25) is 0 Å². The number of ether oxygens (including phenoxy) is 13. The van der Waals surface area contributed by atoms with Gasteiger partial charge >= 0.3 is 0 Å². The van der Waals surface area contributed by atoms with Crippen LogP contribution < -0.4 is 0 Å². The predicted octanol–water partition coefficient (Wildman–Crippen LogP) is 3.11. The fraction of sp³-hybridized carbons (Fsp3) is 0.833. The van der Waals surface area contributed by atoms with Crippen molar-refractivity contribution in [2.45, 2.75) is 281 Å². The van der Waals surface area contributed by atoms with Crippen molar-refractivity contribution in [3.63, 3.8) is 0 Å². The van der Waals surface area contributed by atoms with Gasteiger partial charge in [-0.15, -0.1) is 0 Å². The van der Waals surface area contributed by atoms with Crippen LogP contribution in [-0.2, 0) is 61.6 Å². The highest BCUT2D eigenvalue weighted by molar-refractivity contribution is 5.18. The second kappa shape index (κ2) is 22.1. The normalized spacial score (nSPS) is 56.8. The minimum absolute atomic E-state index is 0.183. The average molecular weight is 1110 g/mol. The highest BCUT2D eigenvalue weighted by Crippen LogP contribution is 2.53. The Morgan fingerprint density at radius 3 is 1.96 bits per heavy atom. The third-order valence-electron chi connectivity index (χ3n) is 20.6. The van der Waals surface area contributed by atoms with Gasteiger partial charge in [-0.25, -0.2) is 0 Å². The van der Waals surface area contributed by atoms with Gasteiger partial charge in [0.25, 0.3) is 0 Å². The predicted molar refractivity (Wildman–Crippen MR) is 279 cm³/mol. The van der Waals surface area contributed by atoms with Gasteiger partial charge in [0.1, 0.15) is 60.5 Å². The van der Waals surface area contributed by atoms with Crippen molar-refractivity contribution >= 4 is 0 Å². The monoisotopic (exact) mass is 1110 g/mol. The molecule has 13 heterocycles. The molecule has 0 aliphatic carbocycles. The number of fused-ring (bicyclic) bond motifs is 11. The largest absolute Gasteiger partial charge is 0.393 e. The first-order valence-corrected chi connectivity index (χ1v) is 29.9. The Morgan fingerprint density at radius 2 is 1.19 bits per heavy atom. The summed E-state index contributed by atoms with van der Waals surface area (Å²) < 4.78 is 88.8. The molecule has 9 fully saturated rings. The maximum absolute atomic E-state index is 12.4. The summed E-state index contributed by atoms with van der Waals surface area (Å²) in [5.41, 5.74) is -2.41. The van der Waals surface area contributed by atoms with E-state index in [2.05, 4.69) is 19.1 Å². The van der Waals surface area contributed by atoms with Crippen molar-refractivity contribution in [2.75, 3.05) is 13.2 Å². The zero-order valence-corrected chi connectivity index (χ0v) is 46.2. The molecule has 0 aromatic rings. The summed E-state index contributed by atoms with van der Waals surface area (Å²) in [6.07, 6.45) is 10.9. The van der Waals surface area contributed by atoms with Gasteiger partial charge in [-0.1, -0.05) is 81.5 Å². The summed E-state index contributed by atoms with van der Waals surface area (Å²) in [6.45, 7) is 10.1. The zero-order chi connectivity index (χ0) is 54.7. The maximum atomic E-state index is 12.4. The van der Waals surface area contributed by atoms with Gasteiger partial charge in [0.15, 0.2) is 5.79 Å². The third-order valence-corrected chi connectivity index (χ3v) is 20.6. The molecular formula is C60H86O19. The number of aliphatic hydroxyl groups excluding tert-OH is 5. The van der Waals surface area contributed by atoms with Crippen LogP contribution >= 0.6 is 0 Å². The topological polar surface area (TPSA) is 241 Å². The summed E-state index contributed by atoms with van der Waals surface area (Å²) >= 11 is 0. The van der Waals surface area contributed by atoms with Crippen LogP contribution in [0.25, 0.3) is 0 Å². The smallest absolute Gasteiger partial charge is 0.174 e. The maximum Gasteiger partial charge on any atom is 0.174 e. The van der Waals surface area contributed by atoms with E-state index in [9.17, 15) is 30.6 Å². The van der Waals surface area contributed by atoms with Crippen LogP contribution in [-0.4, -0.2) is 220 Å². The van der Waals surface area contributed by atoms with E-state index in [4.69, 9.17) is 61.6 Å². The molecule has 13 aliphatic heterocycles. The van der Waals surface area contributed by atoms with Gasteiger partial charge in [0, 0.05) is 43.9 Å². The Kier molecular flexibility index (Phi) is 15.7. The molecule has 440 valence electrons. The van der Waals surface area contributed by atoms with Crippen molar-refractivity contribution in [1.82, 2.24) is 0 Å². The molecule has 9 saturated heterocycles. The summed E-state index contributed by atoms with van der Waals surface area (Å²) in [5, 5.41) is 67.6. The zero-order valence-electron chi connectivity index (χ0n) is 46.2. The standard InChI is InChI=1S/C60H86O19/c1-29-22-41-43(25-47-53(76-41)30(2)51(64)56-57(77-47)58(4,66)31(3)60(79-56)20-9-21-67-60)73-45-27-50-59(5,78-46(45)23-29)49(63)26-44-35(74-50)12-7-6-11-34-36(71-44)16-17-38-37(69-34)18-19-39-42(70-38)24-48-55(75-39)52(65)54-40(72-48)13-8-10-33(68-54)15-14-32(62)28-61/h6-8,10,14-19,29-57,61-66H,9,11-13,20-28H2,1-5H3/b7-6-,15-14+/t29-,30+,31+,32+,33-,34-,35+,36+,37+,38-,39-,40+,41+,42+,43-,44-,45+,46-,47+,48-,49-,50-,51+,52-,53-,54+,55-,56+,57+,58?,59+,60-/m1/s1. The Hall–Kier alpha value is -2.06. The number of hydrogen-bond acceptors (Lipinski definition) is 19. The van der Waals surface area contributed by atoms with E-state index < -0.39 is 164 Å². The molecular weight excluding hydrogens is 1020 g/mol. The second-order valence-electron chi connectivity index (χ2n) is 25.9. The van der Waals surface area contributed by atoms with Crippen LogP contribution in [0.3, 0.4) is 0 Å². The first-order valence-electron chi connectivity index (χ1n) is 29.9. The van der Waals surface area contributed by atoms with Crippen molar-refractivity contribution in [3.05, 3.63) is 60.8 Å². The molecule has 0 amide bonds. The number of aliphatic hydroxyl groups is 6. The molecule has 0 aromatic heterocycles. The fourth-order valence-corrected chi connectivity index (χ4v) is 15.9. The Morgan fingerprint density at radius 1 is 0.557 bits per heavy atom. The highest BCUT2D eigenvalue weighted by atomic mass is 16.7. The quantitative estimate of drug-likeness (QED) is 0.223. The van der Waals surface area contributed by atoms with E-state index in [1.165, 1.54) is 6.08 Å². The van der Waals surface area contributed by atoms with Crippen LogP contribution in [0.1, 0.15) is 105 Å². The molecule has 0 saturated carbocycles. The van der Waals surface area contributed by atoms with E-state index in [0.29, 0.717) is 64.4 Å². The molecule has 1 unspecified atom stereocenters. The summed E-state index contributed by atoms with van der Waals surface area (Å²) in [5.74, 6) is -1.57. The highest BCUT2D eigenvalue weighted by Gasteiger charge is 2.66. The molecule has 79 heavy (non-hydrogen) atoms. The van der Waals surface area contributed by atoms with Crippen molar-refractivity contribution < 1.29 is 92.2 Å². The molecule has 0 bridgehead atoms. The van der Waals surface area contributed by atoms with Crippen molar-refractivity contribution in [3.8, 4) is 0 Å². The Labute approximate surface area is 463 Å². The van der Waals surface area contributed by atoms with Crippen LogP contribution in [0.5, 0.6) is 0 Å².